The third kappa shape index (κ3) is 4.40. The van der Waals surface area contributed by atoms with Crippen molar-refractivity contribution >= 4 is 0 Å². The van der Waals surface area contributed by atoms with Gasteiger partial charge in [-0.15, -0.1) is 0 Å². The van der Waals surface area contributed by atoms with Crippen molar-refractivity contribution in [3.63, 3.8) is 0 Å². The number of halogens is 1. The lowest BCUT2D eigenvalue weighted by molar-refractivity contribution is 0.156. The molecule has 0 aliphatic heterocycles. The molecule has 0 heterocycles. The first-order valence-electron chi connectivity index (χ1n) is 5.09. The van der Waals surface area contributed by atoms with Gasteiger partial charge in [-0.05, 0) is 17.7 Å². The average Bonchev–Trinajstić information content (AvgIpc) is 2.21. The predicted molar refractivity (Wildman–Crippen MR) is 59.0 cm³/mol. The second-order valence-electron chi connectivity index (χ2n) is 4.55. The first-order valence-corrected chi connectivity index (χ1v) is 5.09. The molecule has 84 valence electrons. The van der Waals surface area contributed by atoms with Crippen molar-refractivity contribution in [1.82, 2.24) is 5.32 Å². The van der Waals surface area contributed by atoms with Crippen molar-refractivity contribution in [2.75, 3.05) is 13.2 Å². The Hall–Kier alpha value is -0.930. The topological polar surface area (TPSA) is 32.3 Å². The summed E-state index contributed by atoms with van der Waals surface area (Å²) in [5.41, 5.74) is 0.935. The van der Waals surface area contributed by atoms with E-state index in [1.54, 1.807) is 12.1 Å². The summed E-state index contributed by atoms with van der Waals surface area (Å²) in [4.78, 5) is 0. The first-order chi connectivity index (χ1) is 7.03. The minimum atomic E-state index is -0.213. The van der Waals surface area contributed by atoms with Crippen LogP contribution in [0, 0.1) is 11.2 Å². The van der Waals surface area contributed by atoms with Gasteiger partial charge < -0.3 is 10.4 Å². The zero-order valence-corrected chi connectivity index (χ0v) is 9.26. The van der Waals surface area contributed by atoms with Gasteiger partial charge in [0.05, 0.1) is 0 Å². The molecule has 0 aliphatic rings. The molecule has 0 bridgehead atoms. The van der Waals surface area contributed by atoms with Crippen LogP contribution in [0.2, 0.25) is 0 Å². The van der Waals surface area contributed by atoms with Crippen LogP contribution in [0.5, 0.6) is 0 Å². The highest BCUT2D eigenvalue weighted by Crippen LogP contribution is 2.11. The van der Waals surface area contributed by atoms with E-state index in [1.807, 2.05) is 13.8 Å². The Morgan fingerprint density at radius 1 is 1.27 bits per heavy atom. The van der Waals surface area contributed by atoms with E-state index in [-0.39, 0.29) is 17.8 Å². The van der Waals surface area contributed by atoms with Crippen LogP contribution in [0.25, 0.3) is 0 Å². The third-order valence-electron chi connectivity index (χ3n) is 2.27. The van der Waals surface area contributed by atoms with Gasteiger partial charge in [0.25, 0.3) is 0 Å². The number of aliphatic hydroxyl groups excluding tert-OH is 1. The van der Waals surface area contributed by atoms with Crippen molar-refractivity contribution in [3.05, 3.63) is 35.6 Å². The second kappa shape index (κ2) is 5.24. The molecule has 0 aromatic heterocycles. The van der Waals surface area contributed by atoms with Gasteiger partial charge in [-0.2, -0.15) is 0 Å². The average molecular weight is 211 g/mol. The van der Waals surface area contributed by atoms with Gasteiger partial charge in [-0.1, -0.05) is 26.0 Å². The fourth-order valence-corrected chi connectivity index (χ4v) is 1.20. The van der Waals surface area contributed by atoms with E-state index in [4.69, 9.17) is 5.11 Å². The molecule has 0 spiro atoms. The molecule has 1 rings (SSSR count). The van der Waals surface area contributed by atoms with Crippen LogP contribution in [-0.2, 0) is 6.54 Å². The lowest BCUT2D eigenvalue weighted by Crippen LogP contribution is -2.31. The Morgan fingerprint density at radius 3 is 2.40 bits per heavy atom. The van der Waals surface area contributed by atoms with Gasteiger partial charge in [-0.25, -0.2) is 4.39 Å². The Labute approximate surface area is 90.1 Å². The zero-order valence-electron chi connectivity index (χ0n) is 9.26. The van der Waals surface area contributed by atoms with E-state index in [0.717, 1.165) is 12.1 Å². The second-order valence-corrected chi connectivity index (χ2v) is 4.55. The number of hydrogen-bond donors (Lipinski definition) is 2. The monoisotopic (exact) mass is 211 g/mol. The summed E-state index contributed by atoms with van der Waals surface area (Å²) in [6, 6.07) is 6.42. The largest absolute Gasteiger partial charge is 0.396 e. The Bertz CT molecular complexity index is 295. The summed E-state index contributed by atoms with van der Waals surface area (Å²) in [6.45, 7) is 5.57. The molecule has 0 aliphatic carbocycles. The molecule has 0 saturated heterocycles. The minimum absolute atomic E-state index is 0.111. The maximum Gasteiger partial charge on any atom is 0.123 e. The normalized spacial score (nSPS) is 11.7. The van der Waals surface area contributed by atoms with Gasteiger partial charge in [-0.3, -0.25) is 0 Å². The van der Waals surface area contributed by atoms with Gasteiger partial charge >= 0.3 is 0 Å². The van der Waals surface area contributed by atoms with Gasteiger partial charge in [0.1, 0.15) is 5.82 Å². The quantitative estimate of drug-likeness (QED) is 0.780. The van der Waals surface area contributed by atoms with Crippen molar-refractivity contribution in [1.29, 1.82) is 0 Å². The molecule has 3 heteroatoms. The molecule has 0 unspecified atom stereocenters. The Balaban J connectivity index is 2.35. The van der Waals surface area contributed by atoms with Crippen LogP contribution in [0.1, 0.15) is 19.4 Å². The van der Waals surface area contributed by atoms with E-state index in [2.05, 4.69) is 5.32 Å². The van der Waals surface area contributed by atoms with Crippen LogP contribution >= 0.6 is 0 Å². The summed E-state index contributed by atoms with van der Waals surface area (Å²) in [5.74, 6) is -0.213. The molecule has 1 aromatic rings. The van der Waals surface area contributed by atoms with Crippen molar-refractivity contribution in [3.8, 4) is 0 Å². The Morgan fingerprint density at radius 2 is 1.87 bits per heavy atom. The summed E-state index contributed by atoms with van der Waals surface area (Å²) >= 11 is 0. The minimum Gasteiger partial charge on any atom is -0.396 e. The molecule has 2 nitrogen and oxygen atoms in total. The van der Waals surface area contributed by atoms with Gasteiger partial charge in [0, 0.05) is 25.1 Å². The fourth-order valence-electron chi connectivity index (χ4n) is 1.20. The molecule has 0 saturated carbocycles. The molecular formula is C12H18FNO. The highest BCUT2D eigenvalue weighted by Gasteiger charge is 2.15. The Kier molecular flexibility index (Phi) is 4.24. The summed E-state index contributed by atoms with van der Waals surface area (Å²) in [7, 11) is 0. The van der Waals surface area contributed by atoms with Crippen molar-refractivity contribution in [2.24, 2.45) is 5.41 Å². The van der Waals surface area contributed by atoms with Crippen LogP contribution in [-0.4, -0.2) is 18.3 Å². The van der Waals surface area contributed by atoms with E-state index in [1.165, 1.54) is 12.1 Å². The van der Waals surface area contributed by atoms with Gasteiger partial charge in [0.2, 0.25) is 0 Å². The van der Waals surface area contributed by atoms with Crippen molar-refractivity contribution in [2.45, 2.75) is 20.4 Å². The molecule has 1 aromatic carbocycles. The maximum atomic E-state index is 12.6. The molecule has 0 fully saturated rings. The molecular weight excluding hydrogens is 193 g/mol. The SMILES string of the molecule is CC(C)(CO)CNCc1ccc(F)cc1. The highest BCUT2D eigenvalue weighted by atomic mass is 19.1. The number of rotatable bonds is 5. The smallest absolute Gasteiger partial charge is 0.123 e. The van der Waals surface area contributed by atoms with Crippen LogP contribution < -0.4 is 5.32 Å². The number of hydrogen-bond acceptors (Lipinski definition) is 2. The summed E-state index contributed by atoms with van der Waals surface area (Å²) < 4.78 is 12.6. The summed E-state index contributed by atoms with van der Waals surface area (Å²) in [6.07, 6.45) is 0. The predicted octanol–water partition coefficient (Wildman–Crippen LogP) is 1.93. The van der Waals surface area contributed by atoms with Crippen LogP contribution in [0.3, 0.4) is 0 Å². The maximum absolute atomic E-state index is 12.6. The zero-order chi connectivity index (χ0) is 11.3. The standard InChI is InChI=1S/C12H18FNO/c1-12(2,9-15)8-14-7-10-3-5-11(13)6-4-10/h3-6,14-15H,7-9H2,1-2H3. The molecule has 0 amide bonds. The lowest BCUT2D eigenvalue weighted by Gasteiger charge is -2.21. The third-order valence-corrected chi connectivity index (χ3v) is 2.27. The van der Waals surface area contributed by atoms with Gasteiger partial charge in [0.15, 0.2) is 0 Å². The molecule has 0 radical (unpaired) electrons. The van der Waals surface area contributed by atoms with E-state index >= 15 is 0 Å². The number of benzene rings is 1. The fraction of sp³-hybridized carbons (Fsp3) is 0.500. The van der Waals surface area contributed by atoms with E-state index in [0.29, 0.717) is 6.54 Å². The lowest BCUT2D eigenvalue weighted by atomic mass is 9.95. The molecule has 0 atom stereocenters. The van der Waals surface area contributed by atoms with E-state index < -0.39 is 0 Å². The first kappa shape index (κ1) is 12.1. The van der Waals surface area contributed by atoms with Crippen molar-refractivity contribution < 1.29 is 9.50 Å². The number of nitrogens with one attached hydrogen (secondary N) is 1. The summed E-state index contributed by atoms with van der Waals surface area (Å²) in [5, 5.41) is 12.3. The number of aliphatic hydroxyl groups is 1. The molecule has 15 heavy (non-hydrogen) atoms. The molecule has 2 N–H and O–H groups in total. The van der Waals surface area contributed by atoms with Crippen LogP contribution in [0.15, 0.2) is 24.3 Å². The highest BCUT2D eigenvalue weighted by molar-refractivity contribution is 5.15. The van der Waals surface area contributed by atoms with Crippen LogP contribution in [0.4, 0.5) is 4.39 Å². The van der Waals surface area contributed by atoms with E-state index in [9.17, 15) is 4.39 Å².